The van der Waals surface area contributed by atoms with Crippen LogP contribution in [0.3, 0.4) is 0 Å². The number of hydrogen-bond donors (Lipinski definition) is 1. The van der Waals surface area contributed by atoms with Crippen molar-refractivity contribution in [3.8, 4) is 10.4 Å². The van der Waals surface area contributed by atoms with E-state index in [1.807, 2.05) is 19.1 Å². The van der Waals surface area contributed by atoms with Crippen LogP contribution in [0.5, 0.6) is 0 Å². The van der Waals surface area contributed by atoms with E-state index in [0.29, 0.717) is 0 Å². The van der Waals surface area contributed by atoms with Crippen LogP contribution in [0, 0.1) is 0 Å². The maximum absolute atomic E-state index is 11.2. The molecule has 0 aromatic carbocycles. The normalized spacial score (nSPS) is 10.4. The Morgan fingerprint density at radius 1 is 1.43 bits per heavy atom. The molecule has 0 aliphatic heterocycles. The summed E-state index contributed by atoms with van der Waals surface area (Å²) < 4.78 is 0. The van der Waals surface area contributed by atoms with Crippen molar-refractivity contribution in [2.75, 3.05) is 0 Å². The van der Waals surface area contributed by atoms with E-state index in [-0.39, 0.29) is 4.87 Å². The van der Waals surface area contributed by atoms with Gasteiger partial charge >= 0.3 is 4.87 Å². The van der Waals surface area contributed by atoms with Crippen LogP contribution in [0.2, 0.25) is 0 Å². The summed E-state index contributed by atoms with van der Waals surface area (Å²) in [6.45, 7) is 2.03. The first-order valence-corrected chi connectivity index (χ1v) is 5.25. The van der Waals surface area contributed by atoms with E-state index in [4.69, 9.17) is 0 Å². The second-order valence-corrected chi connectivity index (χ2v) is 3.89. The van der Waals surface area contributed by atoms with E-state index >= 15 is 0 Å². The number of aryl methyl sites for hydroxylation is 1. The van der Waals surface area contributed by atoms with Crippen molar-refractivity contribution < 1.29 is 0 Å². The van der Waals surface area contributed by atoms with E-state index in [9.17, 15) is 4.79 Å². The zero-order valence-electron chi connectivity index (χ0n) is 7.78. The molecule has 0 atom stereocenters. The summed E-state index contributed by atoms with van der Waals surface area (Å²) in [5.41, 5.74) is 2.06. The Labute approximate surface area is 85.5 Å². The lowest BCUT2D eigenvalue weighted by atomic mass is 10.2. The van der Waals surface area contributed by atoms with E-state index in [1.54, 1.807) is 12.4 Å². The van der Waals surface area contributed by atoms with Gasteiger partial charge in [-0.15, -0.1) is 0 Å². The maximum atomic E-state index is 11.2. The van der Waals surface area contributed by atoms with Gasteiger partial charge in [0.25, 0.3) is 0 Å². The van der Waals surface area contributed by atoms with Crippen LogP contribution in [-0.2, 0) is 6.42 Å². The summed E-state index contributed by atoms with van der Waals surface area (Å²) >= 11 is 1.25. The van der Waals surface area contributed by atoms with Crippen LogP contribution in [0.4, 0.5) is 0 Å². The van der Waals surface area contributed by atoms with Crippen molar-refractivity contribution in [3.05, 3.63) is 39.9 Å². The van der Waals surface area contributed by atoms with Crippen molar-refractivity contribution in [1.29, 1.82) is 0 Å². The first kappa shape index (κ1) is 9.15. The number of H-pyrrole nitrogens is 1. The van der Waals surface area contributed by atoms with E-state index in [1.165, 1.54) is 11.3 Å². The predicted molar refractivity (Wildman–Crippen MR) is 57.5 cm³/mol. The average Bonchev–Trinajstić information content (AvgIpc) is 2.61. The summed E-state index contributed by atoms with van der Waals surface area (Å²) in [7, 11) is 0. The lowest BCUT2D eigenvalue weighted by molar-refractivity contribution is 1.05. The fourth-order valence-corrected chi connectivity index (χ4v) is 2.28. The smallest absolute Gasteiger partial charge is 0.305 e. The van der Waals surface area contributed by atoms with Gasteiger partial charge in [-0.3, -0.25) is 9.78 Å². The fraction of sp³-hybridized carbons (Fsp3) is 0.200. The number of pyridine rings is 1. The quantitative estimate of drug-likeness (QED) is 0.817. The van der Waals surface area contributed by atoms with Gasteiger partial charge in [-0.2, -0.15) is 0 Å². The molecule has 0 saturated heterocycles. The highest BCUT2D eigenvalue weighted by Crippen LogP contribution is 2.24. The number of aromatic nitrogens is 2. The molecule has 0 spiro atoms. The molecule has 0 radical (unpaired) electrons. The number of rotatable bonds is 2. The molecule has 0 fully saturated rings. The summed E-state index contributed by atoms with van der Waals surface area (Å²) in [6.07, 6.45) is 4.31. The number of nitrogens with zero attached hydrogens (tertiary/aromatic N) is 1. The van der Waals surface area contributed by atoms with Crippen molar-refractivity contribution in [2.24, 2.45) is 0 Å². The Morgan fingerprint density at radius 2 is 2.14 bits per heavy atom. The Morgan fingerprint density at radius 3 is 2.79 bits per heavy atom. The minimum absolute atomic E-state index is 0.00802. The molecule has 2 aromatic rings. The van der Waals surface area contributed by atoms with Crippen molar-refractivity contribution >= 4 is 11.3 Å². The van der Waals surface area contributed by atoms with Gasteiger partial charge in [0.15, 0.2) is 0 Å². The molecule has 4 heteroatoms. The zero-order valence-corrected chi connectivity index (χ0v) is 8.60. The molecule has 2 rings (SSSR count). The van der Waals surface area contributed by atoms with Crippen LogP contribution >= 0.6 is 11.3 Å². The molecule has 0 aliphatic carbocycles. The number of thiazole rings is 1. The molecule has 3 nitrogen and oxygen atoms in total. The molecular formula is C10H10N2OS. The molecular weight excluding hydrogens is 196 g/mol. The molecule has 0 aliphatic rings. The Balaban J connectivity index is 2.56. The zero-order chi connectivity index (χ0) is 9.97. The van der Waals surface area contributed by atoms with E-state index < -0.39 is 0 Å². The van der Waals surface area contributed by atoms with Crippen molar-refractivity contribution in [2.45, 2.75) is 13.3 Å². The maximum Gasteiger partial charge on any atom is 0.305 e. The molecule has 2 heterocycles. The van der Waals surface area contributed by atoms with Crippen molar-refractivity contribution in [3.63, 3.8) is 0 Å². The van der Waals surface area contributed by atoms with Gasteiger partial charge in [-0.25, -0.2) is 0 Å². The first-order chi connectivity index (χ1) is 6.81. The average molecular weight is 206 g/mol. The molecule has 0 unspecified atom stereocenters. The standard InChI is InChI=1S/C10H10N2OS/c1-2-8-9(14-10(13)12-8)7-3-5-11-6-4-7/h3-6H,2H2,1H3,(H,12,13). The third-order valence-corrected chi connectivity index (χ3v) is 2.99. The second-order valence-electron chi connectivity index (χ2n) is 2.91. The topological polar surface area (TPSA) is 45.8 Å². The summed E-state index contributed by atoms with van der Waals surface area (Å²) in [5.74, 6) is 0. The van der Waals surface area contributed by atoms with Crippen LogP contribution in [0.1, 0.15) is 12.6 Å². The molecule has 14 heavy (non-hydrogen) atoms. The summed E-state index contributed by atoms with van der Waals surface area (Å²) in [6, 6.07) is 3.83. The van der Waals surface area contributed by atoms with Crippen LogP contribution < -0.4 is 4.87 Å². The highest BCUT2D eigenvalue weighted by molar-refractivity contribution is 7.13. The minimum atomic E-state index is 0.00802. The molecule has 0 saturated carbocycles. The van der Waals surface area contributed by atoms with Gasteiger partial charge in [0.1, 0.15) is 0 Å². The Hall–Kier alpha value is -1.42. The van der Waals surface area contributed by atoms with Gasteiger partial charge in [-0.1, -0.05) is 18.3 Å². The highest BCUT2D eigenvalue weighted by Gasteiger charge is 2.07. The summed E-state index contributed by atoms with van der Waals surface area (Å²) in [4.78, 5) is 19.0. The Bertz CT molecular complexity index is 472. The largest absolute Gasteiger partial charge is 0.316 e. The summed E-state index contributed by atoms with van der Waals surface area (Å²) in [5, 5.41) is 0. The van der Waals surface area contributed by atoms with E-state index in [0.717, 1.165) is 22.6 Å². The minimum Gasteiger partial charge on any atom is -0.316 e. The number of nitrogens with one attached hydrogen (secondary N) is 1. The van der Waals surface area contributed by atoms with Gasteiger partial charge in [0.2, 0.25) is 0 Å². The lowest BCUT2D eigenvalue weighted by Gasteiger charge is -1.98. The first-order valence-electron chi connectivity index (χ1n) is 4.43. The molecule has 1 N–H and O–H groups in total. The third-order valence-electron chi connectivity index (χ3n) is 2.02. The van der Waals surface area contributed by atoms with Gasteiger partial charge in [0, 0.05) is 18.1 Å². The van der Waals surface area contributed by atoms with Gasteiger partial charge < -0.3 is 4.98 Å². The molecule has 0 bridgehead atoms. The van der Waals surface area contributed by atoms with Gasteiger partial charge in [0.05, 0.1) is 4.88 Å². The van der Waals surface area contributed by atoms with Crippen molar-refractivity contribution in [1.82, 2.24) is 9.97 Å². The molecule has 0 amide bonds. The van der Waals surface area contributed by atoms with Crippen LogP contribution in [-0.4, -0.2) is 9.97 Å². The Kier molecular flexibility index (Phi) is 2.45. The van der Waals surface area contributed by atoms with Crippen LogP contribution in [0.15, 0.2) is 29.3 Å². The molecule has 72 valence electrons. The SMILES string of the molecule is CCc1[nH]c(=O)sc1-c1ccncc1. The fourth-order valence-electron chi connectivity index (χ4n) is 1.35. The van der Waals surface area contributed by atoms with Gasteiger partial charge in [-0.05, 0) is 24.1 Å². The van der Waals surface area contributed by atoms with Crippen LogP contribution in [0.25, 0.3) is 10.4 Å². The third kappa shape index (κ3) is 1.61. The second kappa shape index (κ2) is 3.75. The monoisotopic (exact) mass is 206 g/mol. The predicted octanol–water partition coefficient (Wildman–Crippen LogP) is 2.06. The molecule has 2 aromatic heterocycles. The lowest BCUT2D eigenvalue weighted by Crippen LogP contribution is -1.93. The highest BCUT2D eigenvalue weighted by atomic mass is 32.1. The number of hydrogen-bond acceptors (Lipinski definition) is 3. The van der Waals surface area contributed by atoms with E-state index in [2.05, 4.69) is 9.97 Å². The number of aromatic amines is 1.